The number of amides is 1. The standard InChI is InChI=1S/C16H17NO3S/c1-17(16(18)8-12-6-7-21-11-12)9-13-10-19-14-4-2-3-5-15(14)20-13/h2-7,11,13H,8-10H2,1H3. The van der Waals surface area contributed by atoms with Crippen LogP contribution < -0.4 is 9.47 Å². The van der Waals surface area contributed by atoms with Gasteiger partial charge in [0.1, 0.15) is 6.61 Å². The molecule has 0 radical (unpaired) electrons. The molecule has 0 saturated heterocycles. The molecule has 2 heterocycles. The lowest BCUT2D eigenvalue weighted by Gasteiger charge is -2.29. The lowest BCUT2D eigenvalue weighted by Crippen LogP contribution is -2.42. The summed E-state index contributed by atoms with van der Waals surface area (Å²) in [4.78, 5) is 13.9. The molecule has 0 spiro atoms. The minimum absolute atomic E-state index is 0.0934. The summed E-state index contributed by atoms with van der Waals surface area (Å²) in [6.07, 6.45) is 0.306. The third-order valence-electron chi connectivity index (χ3n) is 3.41. The molecule has 2 aromatic rings. The van der Waals surface area contributed by atoms with Crippen molar-refractivity contribution in [2.75, 3.05) is 20.2 Å². The number of thiophene rings is 1. The zero-order chi connectivity index (χ0) is 14.7. The molecule has 1 aromatic carbocycles. The molecular formula is C16H17NO3S. The van der Waals surface area contributed by atoms with E-state index in [0.717, 1.165) is 17.1 Å². The van der Waals surface area contributed by atoms with Crippen molar-refractivity contribution in [3.05, 3.63) is 46.7 Å². The van der Waals surface area contributed by atoms with Gasteiger partial charge in [0.25, 0.3) is 0 Å². The van der Waals surface area contributed by atoms with E-state index >= 15 is 0 Å². The molecule has 1 aromatic heterocycles. The molecule has 0 aliphatic carbocycles. The third kappa shape index (κ3) is 3.36. The Labute approximate surface area is 127 Å². The number of hydrogen-bond acceptors (Lipinski definition) is 4. The molecule has 5 heteroatoms. The van der Waals surface area contributed by atoms with Gasteiger partial charge < -0.3 is 14.4 Å². The largest absolute Gasteiger partial charge is 0.486 e. The molecule has 1 atom stereocenters. The fraction of sp³-hybridized carbons (Fsp3) is 0.312. The van der Waals surface area contributed by atoms with E-state index in [2.05, 4.69) is 0 Å². The smallest absolute Gasteiger partial charge is 0.226 e. The van der Waals surface area contributed by atoms with Crippen molar-refractivity contribution in [3.8, 4) is 11.5 Å². The van der Waals surface area contributed by atoms with Gasteiger partial charge in [0.05, 0.1) is 13.0 Å². The van der Waals surface area contributed by atoms with Crippen LogP contribution in [-0.2, 0) is 11.2 Å². The average molecular weight is 303 g/mol. The minimum Gasteiger partial charge on any atom is -0.486 e. The van der Waals surface area contributed by atoms with E-state index in [9.17, 15) is 4.79 Å². The number of carbonyl (C=O) groups excluding carboxylic acids is 1. The van der Waals surface area contributed by atoms with Gasteiger partial charge in [0.15, 0.2) is 17.6 Å². The van der Waals surface area contributed by atoms with E-state index in [1.165, 1.54) is 0 Å². The number of rotatable bonds is 4. The molecule has 1 aliphatic rings. The lowest BCUT2D eigenvalue weighted by molar-refractivity contribution is -0.130. The maximum Gasteiger partial charge on any atom is 0.226 e. The number of para-hydroxylation sites is 2. The van der Waals surface area contributed by atoms with E-state index in [1.807, 2.05) is 41.1 Å². The number of likely N-dealkylation sites (N-methyl/N-ethyl adjacent to an activating group) is 1. The highest BCUT2D eigenvalue weighted by atomic mass is 32.1. The number of fused-ring (bicyclic) bond motifs is 1. The monoisotopic (exact) mass is 303 g/mol. The fourth-order valence-electron chi connectivity index (χ4n) is 2.26. The second-order valence-corrected chi connectivity index (χ2v) is 5.86. The van der Waals surface area contributed by atoms with Crippen LogP contribution in [0.1, 0.15) is 5.56 Å². The van der Waals surface area contributed by atoms with Gasteiger partial charge >= 0.3 is 0 Å². The van der Waals surface area contributed by atoms with Crippen LogP contribution in [0.15, 0.2) is 41.1 Å². The first-order valence-corrected chi connectivity index (χ1v) is 7.80. The Morgan fingerprint density at radius 1 is 1.33 bits per heavy atom. The minimum atomic E-state index is -0.128. The molecule has 21 heavy (non-hydrogen) atoms. The number of hydrogen-bond donors (Lipinski definition) is 0. The molecule has 1 aliphatic heterocycles. The van der Waals surface area contributed by atoms with Crippen LogP contribution in [0.25, 0.3) is 0 Å². The van der Waals surface area contributed by atoms with Gasteiger partial charge in [-0.15, -0.1) is 0 Å². The Kier molecular flexibility index (Phi) is 4.10. The third-order valence-corrected chi connectivity index (χ3v) is 4.14. The van der Waals surface area contributed by atoms with E-state index in [4.69, 9.17) is 9.47 Å². The molecule has 110 valence electrons. The van der Waals surface area contributed by atoms with Crippen LogP contribution in [0.3, 0.4) is 0 Å². The van der Waals surface area contributed by atoms with Crippen molar-refractivity contribution in [1.29, 1.82) is 0 Å². The van der Waals surface area contributed by atoms with Crippen molar-refractivity contribution in [3.63, 3.8) is 0 Å². The first kappa shape index (κ1) is 13.9. The summed E-state index contributed by atoms with van der Waals surface area (Å²) in [5.74, 6) is 1.60. The van der Waals surface area contributed by atoms with Crippen molar-refractivity contribution < 1.29 is 14.3 Å². The second kappa shape index (κ2) is 6.18. The molecule has 0 bridgehead atoms. The number of benzene rings is 1. The Hall–Kier alpha value is -2.01. The van der Waals surface area contributed by atoms with Gasteiger partial charge in [-0.25, -0.2) is 0 Å². The fourth-order valence-corrected chi connectivity index (χ4v) is 2.93. The number of nitrogens with zero attached hydrogens (tertiary/aromatic N) is 1. The number of ether oxygens (including phenoxy) is 2. The SMILES string of the molecule is CN(CC1COc2ccccc2O1)C(=O)Cc1ccsc1. The van der Waals surface area contributed by atoms with Gasteiger partial charge in [-0.1, -0.05) is 12.1 Å². The Balaban J connectivity index is 1.56. The first-order valence-electron chi connectivity index (χ1n) is 6.86. The van der Waals surface area contributed by atoms with Crippen molar-refractivity contribution >= 4 is 17.2 Å². The molecule has 3 rings (SSSR count). The molecule has 0 N–H and O–H groups in total. The summed E-state index contributed by atoms with van der Waals surface area (Å²) in [6.45, 7) is 0.990. The predicted molar refractivity (Wildman–Crippen MR) is 82.0 cm³/mol. The van der Waals surface area contributed by atoms with Crippen molar-refractivity contribution in [2.45, 2.75) is 12.5 Å². The second-order valence-electron chi connectivity index (χ2n) is 5.08. The van der Waals surface area contributed by atoms with Gasteiger partial charge in [0, 0.05) is 7.05 Å². The van der Waals surface area contributed by atoms with E-state index in [1.54, 1.807) is 23.3 Å². The highest BCUT2D eigenvalue weighted by Crippen LogP contribution is 2.30. The van der Waals surface area contributed by atoms with Gasteiger partial charge in [-0.3, -0.25) is 4.79 Å². The normalized spacial score (nSPS) is 16.5. The molecular weight excluding hydrogens is 286 g/mol. The molecule has 1 unspecified atom stereocenters. The summed E-state index contributed by atoms with van der Waals surface area (Å²) in [5.41, 5.74) is 1.06. The van der Waals surface area contributed by atoms with Gasteiger partial charge in [-0.2, -0.15) is 11.3 Å². The van der Waals surface area contributed by atoms with Gasteiger partial charge in [0.2, 0.25) is 5.91 Å². The van der Waals surface area contributed by atoms with Gasteiger partial charge in [-0.05, 0) is 34.5 Å². The lowest BCUT2D eigenvalue weighted by atomic mass is 10.2. The highest BCUT2D eigenvalue weighted by Gasteiger charge is 2.23. The highest BCUT2D eigenvalue weighted by molar-refractivity contribution is 7.07. The van der Waals surface area contributed by atoms with E-state index in [-0.39, 0.29) is 12.0 Å². The zero-order valence-corrected chi connectivity index (χ0v) is 12.6. The van der Waals surface area contributed by atoms with E-state index < -0.39 is 0 Å². The van der Waals surface area contributed by atoms with Crippen LogP contribution in [0.4, 0.5) is 0 Å². The maximum atomic E-state index is 12.2. The molecule has 4 nitrogen and oxygen atoms in total. The topological polar surface area (TPSA) is 38.8 Å². The van der Waals surface area contributed by atoms with Crippen LogP contribution in [-0.4, -0.2) is 37.1 Å². The van der Waals surface area contributed by atoms with E-state index in [0.29, 0.717) is 19.6 Å². The van der Waals surface area contributed by atoms with Crippen LogP contribution in [0.2, 0.25) is 0 Å². The summed E-state index contributed by atoms with van der Waals surface area (Å²) in [5, 5.41) is 3.99. The summed E-state index contributed by atoms with van der Waals surface area (Å²) < 4.78 is 11.5. The Morgan fingerprint density at radius 2 is 2.14 bits per heavy atom. The summed E-state index contributed by atoms with van der Waals surface area (Å²) in [6, 6.07) is 9.58. The molecule has 0 fully saturated rings. The Bertz CT molecular complexity index is 612. The average Bonchev–Trinajstić information content (AvgIpc) is 3.00. The molecule has 0 saturated carbocycles. The van der Waals surface area contributed by atoms with Crippen LogP contribution in [0, 0.1) is 0 Å². The van der Waals surface area contributed by atoms with Crippen LogP contribution in [0.5, 0.6) is 11.5 Å². The van der Waals surface area contributed by atoms with Crippen molar-refractivity contribution in [2.24, 2.45) is 0 Å². The summed E-state index contributed by atoms with van der Waals surface area (Å²) >= 11 is 1.61. The van der Waals surface area contributed by atoms with Crippen LogP contribution >= 0.6 is 11.3 Å². The maximum absolute atomic E-state index is 12.2. The summed E-state index contributed by atoms with van der Waals surface area (Å²) in [7, 11) is 1.80. The quantitative estimate of drug-likeness (QED) is 0.871. The molecule has 1 amide bonds. The predicted octanol–water partition coefficient (Wildman–Crippen LogP) is 2.59. The first-order chi connectivity index (χ1) is 10.2. The zero-order valence-electron chi connectivity index (χ0n) is 11.8. The number of carbonyl (C=O) groups is 1. The Morgan fingerprint density at radius 3 is 2.90 bits per heavy atom. The van der Waals surface area contributed by atoms with Crippen molar-refractivity contribution in [1.82, 2.24) is 4.90 Å².